The van der Waals surface area contributed by atoms with Crippen LogP contribution >= 0.6 is 43.6 Å². The molecule has 1 aromatic rings. The van der Waals surface area contributed by atoms with Crippen molar-refractivity contribution in [2.45, 2.75) is 31.6 Å². The van der Waals surface area contributed by atoms with Gasteiger partial charge in [0.25, 0.3) is 0 Å². The van der Waals surface area contributed by atoms with Gasteiger partial charge in [-0.1, -0.05) is 34.6 Å². The number of aliphatic imine (C=N–C) groups is 1. The highest BCUT2D eigenvalue weighted by molar-refractivity contribution is 9.11. The Balaban J connectivity index is 2.18. The molecule has 0 radical (unpaired) electrons. The molecule has 0 spiro atoms. The molecule has 0 bridgehead atoms. The van der Waals surface area contributed by atoms with E-state index in [1.54, 1.807) is 11.8 Å². The van der Waals surface area contributed by atoms with Gasteiger partial charge in [-0.3, -0.25) is 4.99 Å². The molecule has 2 unspecified atom stereocenters. The molecule has 1 aromatic carbocycles. The predicted molar refractivity (Wildman–Crippen MR) is 84.0 cm³/mol. The maximum Gasteiger partial charge on any atom is 0.161 e. The number of nitrogens with one attached hydrogen (secondary N) is 1. The maximum atomic E-state index is 4.63. The molecular formula is C12H14Br2N2S. The first-order valence-electron chi connectivity index (χ1n) is 5.51. The average Bonchev–Trinajstić information content (AvgIpc) is 2.22. The number of anilines is 1. The van der Waals surface area contributed by atoms with Crippen LogP contribution in [0.5, 0.6) is 0 Å². The number of hydrogen-bond acceptors (Lipinski definition) is 3. The largest absolute Gasteiger partial charge is 0.334 e. The molecule has 2 atom stereocenters. The second-order valence-electron chi connectivity index (χ2n) is 4.20. The quantitative estimate of drug-likeness (QED) is 0.753. The van der Waals surface area contributed by atoms with Gasteiger partial charge in [0.2, 0.25) is 0 Å². The van der Waals surface area contributed by atoms with Crippen molar-refractivity contribution in [3.8, 4) is 0 Å². The third-order valence-electron chi connectivity index (χ3n) is 2.49. The van der Waals surface area contributed by atoms with Gasteiger partial charge in [-0.05, 0) is 47.5 Å². The van der Waals surface area contributed by atoms with Crippen LogP contribution in [0.4, 0.5) is 5.69 Å². The smallest absolute Gasteiger partial charge is 0.161 e. The van der Waals surface area contributed by atoms with Gasteiger partial charge in [0, 0.05) is 14.2 Å². The van der Waals surface area contributed by atoms with Crippen LogP contribution in [0, 0.1) is 0 Å². The van der Waals surface area contributed by atoms with E-state index in [4.69, 9.17) is 0 Å². The van der Waals surface area contributed by atoms with Gasteiger partial charge in [-0.2, -0.15) is 0 Å². The lowest BCUT2D eigenvalue weighted by atomic mass is 10.2. The van der Waals surface area contributed by atoms with E-state index in [2.05, 4.69) is 62.1 Å². The van der Waals surface area contributed by atoms with Crippen molar-refractivity contribution in [2.75, 3.05) is 5.32 Å². The van der Waals surface area contributed by atoms with Crippen LogP contribution in [0.3, 0.4) is 0 Å². The van der Waals surface area contributed by atoms with Crippen LogP contribution in [-0.2, 0) is 0 Å². The third-order valence-corrected chi connectivity index (χ3v) is 4.70. The fourth-order valence-electron chi connectivity index (χ4n) is 1.77. The van der Waals surface area contributed by atoms with Crippen LogP contribution in [0.1, 0.15) is 20.3 Å². The number of benzene rings is 1. The topological polar surface area (TPSA) is 24.4 Å². The number of thioether (sulfide) groups is 1. The predicted octanol–water partition coefficient (Wildman–Crippen LogP) is 4.89. The summed E-state index contributed by atoms with van der Waals surface area (Å²) in [5.41, 5.74) is 1.05. The molecule has 1 heterocycles. The summed E-state index contributed by atoms with van der Waals surface area (Å²) in [7, 11) is 0. The van der Waals surface area contributed by atoms with Gasteiger partial charge >= 0.3 is 0 Å². The van der Waals surface area contributed by atoms with Crippen molar-refractivity contribution in [3.63, 3.8) is 0 Å². The van der Waals surface area contributed by atoms with Crippen LogP contribution in [0.15, 0.2) is 32.1 Å². The van der Waals surface area contributed by atoms with E-state index in [1.807, 2.05) is 12.1 Å². The molecular weight excluding hydrogens is 364 g/mol. The fraction of sp³-hybridized carbons (Fsp3) is 0.417. The van der Waals surface area contributed by atoms with Crippen molar-refractivity contribution < 1.29 is 0 Å². The summed E-state index contributed by atoms with van der Waals surface area (Å²) in [6.07, 6.45) is 1.15. The monoisotopic (exact) mass is 376 g/mol. The van der Waals surface area contributed by atoms with Gasteiger partial charge in [-0.25, -0.2) is 0 Å². The molecule has 17 heavy (non-hydrogen) atoms. The van der Waals surface area contributed by atoms with Gasteiger partial charge in [0.15, 0.2) is 5.17 Å². The summed E-state index contributed by atoms with van der Waals surface area (Å²) in [5, 5.41) is 5.02. The number of rotatable bonds is 1. The number of amidine groups is 1. The molecule has 0 aromatic heterocycles. The second kappa shape index (κ2) is 5.76. The number of halogens is 2. The highest BCUT2D eigenvalue weighted by Gasteiger charge is 2.18. The lowest BCUT2D eigenvalue weighted by Crippen LogP contribution is -2.22. The highest BCUT2D eigenvalue weighted by Crippen LogP contribution is 2.30. The Morgan fingerprint density at radius 3 is 2.82 bits per heavy atom. The molecule has 5 heteroatoms. The first-order valence-corrected chi connectivity index (χ1v) is 7.97. The molecule has 0 fully saturated rings. The molecule has 92 valence electrons. The zero-order chi connectivity index (χ0) is 12.4. The van der Waals surface area contributed by atoms with Gasteiger partial charge in [-0.15, -0.1) is 0 Å². The summed E-state index contributed by atoms with van der Waals surface area (Å²) in [6.45, 7) is 4.40. The van der Waals surface area contributed by atoms with Gasteiger partial charge in [0.1, 0.15) is 0 Å². The van der Waals surface area contributed by atoms with Crippen LogP contribution in [0.25, 0.3) is 0 Å². The Kier molecular flexibility index (Phi) is 4.55. The Morgan fingerprint density at radius 2 is 2.12 bits per heavy atom. The Labute approximate surface area is 123 Å². The molecule has 0 amide bonds. The molecule has 1 aliphatic heterocycles. The molecule has 2 nitrogen and oxygen atoms in total. The van der Waals surface area contributed by atoms with Crippen molar-refractivity contribution in [1.29, 1.82) is 0 Å². The summed E-state index contributed by atoms with van der Waals surface area (Å²) < 4.78 is 2.11. The molecule has 1 aliphatic rings. The van der Waals surface area contributed by atoms with E-state index in [-0.39, 0.29) is 0 Å². The number of hydrogen-bond donors (Lipinski definition) is 1. The Hall–Kier alpha value is -0.000000000000000111. The van der Waals surface area contributed by atoms with E-state index in [1.165, 1.54) is 0 Å². The lowest BCUT2D eigenvalue weighted by Gasteiger charge is -2.23. The summed E-state index contributed by atoms with van der Waals surface area (Å²) >= 11 is 8.82. The second-order valence-corrected chi connectivity index (χ2v) is 7.39. The highest BCUT2D eigenvalue weighted by atomic mass is 79.9. The van der Waals surface area contributed by atoms with Crippen molar-refractivity contribution in [1.82, 2.24) is 0 Å². The third kappa shape index (κ3) is 3.73. The van der Waals surface area contributed by atoms with Gasteiger partial charge in [0.05, 0.1) is 11.7 Å². The minimum absolute atomic E-state index is 0.402. The normalized spacial score (nSPS) is 24.4. The molecule has 0 saturated carbocycles. The SMILES string of the molecule is CC1CC(C)SC(Nc2cc(Br)ccc2Br)=N1. The van der Waals surface area contributed by atoms with Crippen molar-refractivity contribution in [3.05, 3.63) is 27.1 Å². The molecule has 0 aliphatic carbocycles. The van der Waals surface area contributed by atoms with Crippen LogP contribution in [-0.4, -0.2) is 16.5 Å². The lowest BCUT2D eigenvalue weighted by molar-refractivity contribution is 0.661. The molecule has 1 N–H and O–H groups in total. The summed E-state index contributed by atoms with van der Waals surface area (Å²) in [6, 6.07) is 6.49. The van der Waals surface area contributed by atoms with E-state index in [0.29, 0.717) is 11.3 Å². The van der Waals surface area contributed by atoms with E-state index in [9.17, 15) is 0 Å². The zero-order valence-electron chi connectivity index (χ0n) is 9.71. The maximum absolute atomic E-state index is 4.63. The van der Waals surface area contributed by atoms with E-state index in [0.717, 1.165) is 26.2 Å². The Bertz CT molecular complexity index is 448. The first kappa shape index (κ1) is 13.4. The van der Waals surface area contributed by atoms with E-state index >= 15 is 0 Å². The number of nitrogens with zero attached hydrogens (tertiary/aromatic N) is 1. The minimum Gasteiger partial charge on any atom is -0.334 e. The van der Waals surface area contributed by atoms with Gasteiger partial charge < -0.3 is 5.32 Å². The molecule has 2 rings (SSSR count). The standard InChI is InChI=1S/C12H14Br2N2S/c1-7-5-8(2)17-12(15-7)16-11-6-9(13)3-4-10(11)14/h3-4,6-8H,5H2,1-2H3,(H,15,16). The summed E-state index contributed by atoms with van der Waals surface area (Å²) in [4.78, 5) is 4.63. The summed E-state index contributed by atoms with van der Waals surface area (Å²) in [5.74, 6) is 0. The van der Waals surface area contributed by atoms with E-state index < -0.39 is 0 Å². The first-order chi connectivity index (χ1) is 8.04. The minimum atomic E-state index is 0.402. The van der Waals surface area contributed by atoms with Crippen molar-refractivity contribution in [2.24, 2.45) is 4.99 Å². The fourth-order valence-corrected chi connectivity index (χ4v) is 3.64. The zero-order valence-corrected chi connectivity index (χ0v) is 13.7. The average molecular weight is 378 g/mol. The van der Waals surface area contributed by atoms with Crippen molar-refractivity contribution >= 4 is 54.5 Å². The van der Waals surface area contributed by atoms with Crippen LogP contribution < -0.4 is 5.32 Å². The van der Waals surface area contributed by atoms with Crippen LogP contribution in [0.2, 0.25) is 0 Å². The Morgan fingerprint density at radius 1 is 1.35 bits per heavy atom. The molecule has 0 saturated heterocycles.